The Labute approximate surface area is 81.9 Å². The molecular weight excluding hydrogens is 186 g/mol. The molecule has 0 aliphatic carbocycles. The lowest BCUT2D eigenvalue weighted by molar-refractivity contribution is -0.188. The van der Waals surface area contributed by atoms with Crippen LogP contribution >= 0.6 is 0 Å². The summed E-state index contributed by atoms with van der Waals surface area (Å²) >= 11 is 0. The van der Waals surface area contributed by atoms with Crippen LogP contribution < -0.4 is 0 Å². The van der Waals surface area contributed by atoms with E-state index in [-0.39, 0.29) is 12.1 Å². The minimum atomic E-state index is -0.421. The molecule has 0 aromatic heterocycles. The van der Waals surface area contributed by atoms with Crippen molar-refractivity contribution in [1.82, 2.24) is 4.90 Å². The standard InChI is InChI=1S/C9H13NO4/c11-8-10-2-1-9(13-3-4-14-9)5-7(10)6-12-8/h7H,1-6H2. The molecule has 5 heteroatoms. The highest BCUT2D eigenvalue weighted by Gasteiger charge is 2.48. The van der Waals surface area contributed by atoms with Crippen LogP contribution in [-0.4, -0.2) is 49.2 Å². The molecule has 0 radical (unpaired) electrons. The number of hydrogen-bond acceptors (Lipinski definition) is 4. The molecule has 1 amide bonds. The number of rotatable bonds is 0. The van der Waals surface area contributed by atoms with E-state index in [0.717, 1.165) is 12.8 Å². The zero-order valence-corrected chi connectivity index (χ0v) is 7.90. The Kier molecular flexibility index (Phi) is 1.72. The molecule has 78 valence electrons. The van der Waals surface area contributed by atoms with E-state index >= 15 is 0 Å². The molecular formula is C9H13NO4. The Morgan fingerprint density at radius 2 is 2.14 bits per heavy atom. The Morgan fingerprint density at radius 3 is 2.93 bits per heavy atom. The van der Waals surface area contributed by atoms with E-state index in [0.29, 0.717) is 26.4 Å². The summed E-state index contributed by atoms with van der Waals surface area (Å²) < 4.78 is 16.2. The van der Waals surface area contributed by atoms with Crippen molar-refractivity contribution in [2.45, 2.75) is 24.7 Å². The maximum atomic E-state index is 11.2. The van der Waals surface area contributed by atoms with Crippen LogP contribution in [-0.2, 0) is 14.2 Å². The van der Waals surface area contributed by atoms with Crippen LogP contribution in [0.25, 0.3) is 0 Å². The Hall–Kier alpha value is -0.810. The number of fused-ring (bicyclic) bond motifs is 1. The summed E-state index contributed by atoms with van der Waals surface area (Å²) in [4.78, 5) is 13.0. The lowest BCUT2D eigenvalue weighted by Gasteiger charge is -2.38. The van der Waals surface area contributed by atoms with Crippen molar-refractivity contribution in [1.29, 1.82) is 0 Å². The van der Waals surface area contributed by atoms with E-state index in [1.54, 1.807) is 4.90 Å². The number of piperidine rings is 1. The molecule has 0 saturated carbocycles. The predicted octanol–water partition coefficient (Wildman–Crippen LogP) is 0.344. The van der Waals surface area contributed by atoms with Crippen LogP contribution in [0.5, 0.6) is 0 Å². The van der Waals surface area contributed by atoms with Crippen LogP contribution in [0.4, 0.5) is 4.79 Å². The van der Waals surface area contributed by atoms with E-state index in [1.165, 1.54) is 0 Å². The zero-order valence-electron chi connectivity index (χ0n) is 7.90. The number of carbonyl (C=O) groups is 1. The van der Waals surface area contributed by atoms with Crippen LogP contribution in [0.2, 0.25) is 0 Å². The van der Waals surface area contributed by atoms with Crippen molar-refractivity contribution >= 4 is 6.09 Å². The fourth-order valence-electron chi connectivity index (χ4n) is 2.44. The fraction of sp³-hybridized carbons (Fsp3) is 0.889. The Balaban J connectivity index is 1.76. The molecule has 3 saturated heterocycles. The molecule has 0 aromatic carbocycles. The summed E-state index contributed by atoms with van der Waals surface area (Å²) in [5, 5.41) is 0. The minimum absolute atomic E-state index is 0.148. The van der Waals surface area contributed by atoms with E-state index in [1.807, 2.05) is 0 Å². The van der Waals surface area contributed by atoms with Gasteiger partial charge in [0.15, 0.2) is 5.79 Å². The molecule has 0 N–H and O–H groups in total. The first-order valence-corrected chi connectivity index (χ1v) is 5.00. The molecule has 1 spiro atoms. The Morgan fingerprint density at radius 1 is 1.36 bits per heavy atom. The normalized spacial score (nSPS) is 34.7. The maximum Gasteiger partial charge on any atom is 0.410 e. The minimum Gasteiger partial charge on any atom is -0.447 e. The first-order valence-electron chi connectivity index (χ1n) is 5.00. The van der Waals surface area contributed by atoms with E-state index < -0.39 is 5.79 Å². The lowest BCUT2D eigenvalue weighted by Crippen LogP contribution is -2.50. The van der Waals surface area contributed by atoms with Crippen LogP contribution in [0.15, 0.2) is 0 Å². The van der Waals surface area contributed by atoms with Crippen molar-refractivity contribution < 1.29 is 19.0 Å². The number of cyclic esters (lactones) is 1. The third-order valence-electron chi connectivity index (χ3n) is 3.17. The fourth-order valence-corrected chi connectivity index (χ4v) is 2.44. The molecule has 1 atom stereocenters. The highest BCUT2D eigenvalue weighted by atomic mass is 16.7. The number of ether oxygens (including phenoxy) is 3. The number of hydrogen-bond donors (Lipinski definition) is 0. The third-order valence-corrected chi connectivity index (χ3v) is 3.17. The predicted molar refractivity (Wildman–Crippen MR) is 45.7 cm³/mol. The third kappa shape index (κ3) is 1.12. The molecule has 3 aliphatic heterocycles. The van der Waals surface area contributed by atoms with E-state index in [2.05, 4.69) is 0 Å². The molecule has 0 bridgehead atoms. The SMILES string of the molecule is O=C1OCC2CC3(CCN12)OCCO3. The lowest BCUT2D eigenvalue weighted by atomic mass is 9.97. The highest BCUT2D eigenvalue weighted by Crippen LogP contribution is 2.36. The molecule has 1 unspecified atom stereocenters. The van der Waals surface area contributed by atoms with Gasteiger partial charge in [0.05, 0.1) is 19.3 Å². The van der Waals surface area contributed by atoms with E-state index in [9.17, 15) is 4.79 Å². The van der Waals surface area contributed by atoms with Gasteiger partial charge in [0.25, 0.3) is 0 Å². The van der Waals surface area contributed by atoms with Crippen LogP contribution in [0, 0.1) is 0 Å². The van der Waals surface area contributed by atoms with Crippen LogP contribution in [0.1, 0.15) is 12.8 Å². The molecule has 3 fully saturated rings. The van der Waals surface area contributed by atoms with Crippen molar-refractivity contribution in [3.63, 3.8) is 0 Å². The second-order valence-electron chi connectivity index (χ2n) is 3.99. The van der Waals surface area contributed by atoms with Crippen molar-refractivity contribution in [2.24, 2.45) is 0 Å². The largest absolute Gasteiger partial charge is 0.447 e. The van der Waals surface area contributed by atoms with Gasteiger partial charge < -0.3 is 19.1 Å². The Bertz CT molecular complexity index is 262. The summed E-state index contributed by atoms with van der Waals surface area (Å²) in [7, 11) is 0. The summed E-state index contributed by atoms with van der Waals surface area (Å²) in [6.07, 6.45) is 1.32. The monoisotopic (exact) mass is 199 g/mol. The summed E-state index contributed by atoms with van der Waals surface area (Å²) in [6.45, 7) is 2.50. The smallest absolute Gasteiger partial charge is 0.410 e. The van der Waals surface area contributed by atoms with Crippen LogP contribution in [0.3, 0.4) is 0 Å². The average molecular weight is 199 g/mol. The van der Waals surface area contributed by atoms with Gasteiger partial charge in [0.2, 0.25) is 0 Å². The molecule has 14 heavy (non-hydrogen) atoms. The summed E-state index contributed by atoms with van der Waals surface area (Å²) in [5.41, 5.74) is 0. The van der Waals surface area contributed by atoms with Gasteiger partial charge in [-0.3, -0.25) is 0 Å². The second-order valence-corrected chi connectivity index (χ2v) is 3.99. The van der Waals surface area contributed by atoms with Gasteiger partial charge in [-0.05, 0) is 0 Å². The summed E-state index contributed by atoms with van der Waals surface area (Å²) in [5.74, 6) is -0.421. The topological polar surface area (TPSA) is 48.0 Å². The van der Waals surface area contributed by atoms with Gasteiger partial charge in [-0.1, -0.05) is 0 Å². The quantitative estimate of drug-likeness (QED) is 0.564. The van der Waals surface area contributed by atoms with Gasteiger partial charge in [-0.2, -0.15) is 0 Å². The van der Waals surface area contributed by atoms with Gasteiger partial charge in [-0.15, -0.1) is 0 Å². The first kappa shape index (κ1) is 8.49. The number of nitrogens with zero attached hydrogens (tertiary/aromatic N) is 1. The number of carbonyl (C=O) groups excluding carboxylic acids is 1. The summed E-state index contributed by atoms with van der Waals surface area (Å²) in [6, 6.07) is 0.148. The maximum absolute atomic E-state index is 11.2. The van der Waals surface area contributed by atoms with Crippen molar-refractivity contribution in [3.8, 4) is 0 Å². The molecule has 0 aromatic rings. The number of amides is 1. The average Bonchev–Trinajstić information content (AvgIpc) is 2.76. The molecule has 3 heterocycles. The van der Waals surface area contributed by atoms with Gasteiger partial charge in [0.1, 0.15) is 6.61 Å². The second kappa shape index (κ2) is 2.84. The van der Waals surface area contributed by atoms with E-state index in [4.69, 9.17) is 14.2 Å². The van der Waals surface area contributed by atoms with Gasteiger partial charge in [-0.25, -0.2) is 4.79 Å². The zero-order chi connectivity index (χ0) is 9.60. The van der Waals surface area contributed by atoms with Crippen molar-refractivity contribution in [2.75, 3.05) is 26.4 Å². The molecule has 3 rings (SSSR count). The molecule has 3 aliphatic rings. The van der Waals surface area contributed by atoms with Crippen molar-refractivity contribution in [3.05, 3.63) is 0 Å². The van der Waals surface area contributed by atoms with Gasteiger partial charge in [0, 0.05) is 19.4 Å². The first-order chi connectivity index (χ1) is 6.79. The highest BCUT2D eigenvalue weighted by molar-refractivity contribution is 5.70. The van der Waals surface area contributed by atoms with Gasteiger partial charge >= 0.3 is 6.09 Å². The molecule has 5 nitrogen and oxygen atoms in total.